The Morgan fingerprint density at radius 2 is 1.90 bits per heavy atom. The molecule has 0 radical (unpaired) electrons. The highest BCUT2D eigenvalue weighted by Crippen LogP contribution is 2.41. The average Bonchev–Trinajstić information content (AvgIpc) is 2.76. The first-order chi connectivity index (χ1) is 9.94. The van der Waals surface area contributed by atoms with Gasteiger partial charge in [-0.2, -0.15) is 0 Å². The molecule has 1 rings (SSSR count). The molecule has 0 bridgehead atoms. The number of unbranched alkanes of at least 4 members (excludes halogenated alkanes) is 3. The second-order valence-corrected chi connectivity index (χ2v) is 5.57. The lowest BCUT2D eigenvalue weighted by atomic mass is 9.91. The molecule has 0 saturated carbocycles. The van der Waals surface area contributed by atoms with Crippen LogP contribution in [0.3, 0.4) is 0 Å². The summed E-state index contributed by atoms with van der Waals surface area (Å²) in [6.45, 7) is 5.82. The van der Waals surface area contributed by atoms with Gasteiger partial charge < -0.3 is 14.2 Å². The summed E-state index contributed by atoms with van der Waals surface area (Å²) in [6.07, 6.45) is 4.60. The number of hydrogen-bond acceptors (Lipinski definition) is 5. The summed E-state index contributed by atoms with van der Waals surface area (Å²) >= 11 is 0. The largest absolute Gasteiger partial charge is 0.465 e. The van der Waals surface area contributed by atoms with Crippen molar-refractivity contribution in [3.05, 3.63) is 11.1 Å². The molecule has 0 aromatic heterocycles. The van der Waals surface area contributed by atoms with E-state index < -0.39 is 17.7 Å². The third kappa shape index (κ3) is 3.46. The molecule has 5 heteroatoms. The predicted octanol–water partition coefficient (Wildman–Crippen LogP) is 2.98. The number of cyclic esters (lactones) is 1. The zero-order chi connectivity index (χ0) is 16.0. The lowest BCUT2D eigenvalue weighted by molar-refractivity contribution is -0.211. The first kappa shape index (κ1) is 17.7. The van der Waals surface area contributed by atoms with Gasteiger partial charge in [0.1, 0.15) is 5.57 Å². The summed E-state index contributed by atoms with van der Waals surface area (Å²) in [7, 11) is 2.74. The molecule has 0 saturated heterocycles. The summed E-state index contributed by atoms with van der Waals surface area (Å²) in [6, 6.07) is 0. The van der Waals surface area contributed by atoms with E-state index in [2.05, 4.69) is 6.92 Å². The second-order valence-electron chi connectivity index (χ2n) is 5.57. The summed E-state index contributed by atoms with van der Waals surface area (Å²) in [5, 5.41) is 0. The summed E-state index contributed by atoms with van der Waals surface area (Å²) < 4.78 is 15.7. The van der Waals surface area contributed by atoms with Gasteiger partial charge in [0.15, 0.2) is 0 Å². The van der Waals surface area contributed by atoms with Crippen molar-refractivity contribution in [3.63, 3.8) is 0 Å². The number of rotatable bonds is 8. The van der Waals surface area contributed by atoms with Gasteiger partial charge in [0.2, 0.25) is 0 Å². The van der Waals surface area contributed by atoms with Crippen molar-refractivity contribution in [1.82, 2.24) is 0 Å². The van der Waals surface area contributed by atoms with Crippen molar-refractivity contribution in [2.75, 3.05) is 14.2 Å². The average molecular weight is 298 g/mol. The monoisotopic (exact) mass is 298 g/mol. The van der Waals surface area contributed by atoms with Gasteiger partial charge in [0.05, 0.1) is 12.7 Å². The van der Waals surface area contributed by atoms with E-state index in [1.165, 1.54) is 14.2 Å². The van der Waals surface area contributed by atoms with E-state index >= 15 is 0 Å². The topological polar surface area (TPSA) is 61.8 Å². The first-order valence-corrected chi connectivity index (χ1v) is 7.55. The Morgan fingerprint density at radius 3 is 2.38 bits per heavy atom. The Bertz CT molecular complexity index is 424. The van der Waals surface area contributed by atoms with Crippen molar-refractivity contribution in [2.45, 2.75) is 58.7 Å². The minimum absolute atomic E-state index is 0.186. The molecule has 120 valence electrons. The molecule has 0 spiro atoms. The maximum atomic E-state index is 12.2. The van der Waals surface area contributed by atoms with Gasteiger partial charge in [-0.25, -0.2) is 9.59 Å². The molecule has 0 aliphatic carbocycles. The van der Waals surface area contributed by atoms with Crippen molar-refractivity contribution in [3.8, 4) is 0 Å². The Balaban J connectivity index is 3.12. The number of carbonyl (C=O) groups is 2. The van der Waals surface area contributed by atoms with Crippen LogP contribution in [0.5, 0.6) is 0 Å². The molecule has 5 nitrogen and oxygen atoms in total. The number of hydrogen-bond donors (Lipinski definition) is 0. The Labute approximate surface area is 126 Å². The van der Waals surface area contributed by atoms with Gasteiger partial charge in [0.25, 0.3) is 5.79 Å². The van der Waals surface area contributed by atoms with Crippen LogP contribution in [0, 0.1) is 5.92 Å². The fourth-order valence-corrected chi connectivity index (χ4v) is 2.67. The van der Waals surface area contributed by atoms with Gasteiger partial charge in [-0.3, -0.25) is 0 Å². The van der Waals surface area contributed by atoms with Crippen LogP contribution >= 0.6 is 0 Å². The SMILES string of the molecule is CCCCCCC1=C(C(=O)OC)C(OC)(C(C)C)OC1=O. The van der Waals surface area contributed by atoms with Crippen molar-refractivity contribution >= 4 is 11.9 Å². The van der Waals surface area contributed by atoms with Crippen LogP contribution in [0.2, 0.25) is 0 Å². The summed E-state index contributed by atoms with van der Waals surface area (Å²) in [5.74, 6) is -2.54. The molecule has 0 fully saturated rings. The Morgan fingerprint density at radius 1 is 1.24 bits per heavy atom. The van der Waals surface area contributed by atoms with Crippen molar-refractivity contribution < 1.29 is 23.8 Å². The molecule has 1 aliphatic rings. The molecule has 0 N–H and O–H groups in total. The predicted molar refractivity (Wildman–Crippen MR) is 78.5 cm³/mol. The number of ether oxygens (including phenoxy) is 3. The first-order valence-electron chi connectivity index (χ1n) is 7.55. The van der Waals surface area contributed by atoms with E-state index in [1.807, 2.05) is 13.8 Å². The molecule has 0 aromatic carbocycles. The molecule has 0 aromatic rings. The molecule has 1 heterocycles. The number of carbonyl (C=O) groups excluding carboxylic acids is 2. The van der Waals surface area contributed by atoms with E-state index in [4.69, 9.17) is 14.2 Å². The molecular formula is C16H26O5. The zero-order valence-corrected chi connectivity index (χ0v) is 13.7. The van der Waals surface area contributed by atoms with Gasteiger partial charge >= 0.3 is 11.9 Å². The fraction of sp³-hybridized carbons (Fsp3) is 0.750. The lowest BCUT2D eigenvalue weighted by Gasteiger charge is -2.31. The van der Waals surface area contributed by atoms with Crippen LogP contribution < -0.4 is 0 Å². The molecule has 0 amide bonds. The minimum atomic E-state index is -1.33. The minimum Gasteiger partial charge on any atom is -0.465 e. The van der Waals surface area contributed by atoms with Gasteiger partial charge in [-0.05, 0) is 12.8 Å². The standard InChI is InChI=1S/C16H26O5/c1-6-7-8-9-10-12-13(15(18)19-4)16(20-5,11(2)3)21-14(12)17/h11H,6-10H2,1-5H3. The van der Waals surface area contributed by atoms with Crippen LogP contribution in [0.1, 0.15) is 52.9 Å². The van der Waals surface area contributed by atoms with Crippen LogP contribution in [-0.2, 0) is 23.8 Å². The summed E-state index contributed by atoms with van der Waals surface area (Å²) in [4.78, 5) is 24.3. The van der Waals surface area contributed by atoms with Crippen molar-refractivity contribution in [2.24, 2.45) is 5.92 Å². The van der Waals surface area contributed by atoms with Gasteiger partial charge in [-0.15, -0.1) is 0 Å². The maximum absolute atomic E-state index is 12.2. The summed E-state index contributed by atoms with van der Waals surface area (Å²) in [5.41, 5.74) is 0.623. The molecule has 1 atom stereocenters. The Hall–Kier alpha value is -1.36. The van der Waals surface area contributed by atoms with Crippen LogP contribution in [-0.4, -0.2) is 31.9 Å². The third-order valence-corrected chi connectivity index (χ3v) is 3.87. The fourth-order valence-electron chi connectivity index (χ4n) is 2.67. The molecule has 1 unspecified atom stereocenters. The third-order valence-electron chi connectivity index (χ3n) is 3.87. The van der Waals surface area contributed by atoms with Gasteiger partial charge in [-0.1, -0.05) is 40.0 Å². The maximum Gasteiger partial charge on any atom is 0.341 e. The van der Waals surface area contributed by atoms with Crippen molar-refractivity contribution in [1.29, 1.82) is 0 Å². The van der Waals surface area contributed by atoms with E-state index in [0.29, 0.717) is 12.0 Å². The second kappa shape index (κ2) is 7.59. The van der Waals surface area contributed by atoms with Crippen LogP contribution in [0.4, 0.5) is 0 Å². The quantitative estimate of drug-likeness (QED) is 0.509. The number of methoxy groups -OCH3 is 2. The Kier molecular flexibility index (Phi) is 6.40. The van der Waals surface area contributed by atoms with E-state index in [-0.39, 0.29) is 11.5 Å². The smallest absolute Gasteiger partial charge is 0.341 e. The van der Waals surface area contributed by atoms with Gasteiger partial charge in [0, 0.05) is 13.0 Å². The molecule has 1 aliphatic heterocycles. The highest BCUT2D eigenvalue weighted by Gasteiger charge is 2.53. The van der Waals surface area contributed by atoms with E-state index in [0.717, 1.165) is 25.7 Å². The highest BCUT2D eigenvalue weighted by atomic mass is 16.7. The van der Waals surface area contributed by atoms with Crippen LogP contribution in [0.15, 0.2) is 11.1 Å². The molecular weight excluding hydrogens is 272 g/mol. The van der Waals surface area contributed by atoms with E-state index in [9.17, 15) is 9.59 Å². The van der Waals surface area contributed by atoms with Crippen LogP contribution in [0.25, 0.3) is 0 Å². The zero-order valence-electron chi connectivity index (χ0n) is 13.7. The lowest BCUT2D eigenvalue weighted by Crippen LogP contribution is -2.42. The number of esters is 2. The highest BCUT2D eigenvalue weighted by molar-refractivity contribution is 6.05. The normalized spacial score (nSPS) is 21.9. The molecule has 21 heavy (non-hydrogen) atoms. The van der Waals surface area contributed by atoms with E-state index in [1.54, 1.807) is 0 Å².